The average Bonchev–Trinajstić information content (AvgIpc) is 3.53. The first-order chi connectivity index (χ1) is 15.2. The van der Waals surface area contributed by atoms with E-state index in [2.05, 4.69) is 35.0 Å². The van der Waals surface area contributed by atoms with Crippen LogP contribution in [0.3, 0.4) is 0 Å². The number of allylic oxidation sites excluding steroid dienone is 1. The maximum Gasteiger partial charge on any atom is 0.281 e. The Labute approximate surface area is 194 Å². The van der Waals surface area contributed by atoms with Crippen molar-refractivity contribution < 1.29 is 9.53 Å². The van der Waals surface area contributed by atoms with Gasteiger partial charge >= 0.3 is 0 Å². The molecule has 3 aromatic rings. The molecule has 2 aliphatic rings. The molecule has 0 bridgehead atoms. The Morgan fingerprint density at radius 3 is 2.77 bits per heavy atom. The predicted octanol–water partition coefficient (Wildman–Crippen LogP) is 6.67. The zero-order chi connectivity index (χ0) is 21.2. The van der Waals surface area contributed by atoms with Crippen molar-refractivity contribution in [3.8, 4) is 5.75 Å². The van der Waals surface area contributed by atoms with Gasteiger partial charge in [0.2, 0.25) is 0 Å². The van der Waals surface area contributed by atoms with Crippen LogP contribution in [0.4, 0.5) is 0 Å². The number of halogens is 1. The van der Waals surface area contributed by atoms with Gasteiger partial charge in [0.25, 0.3) is 5.91 Å². The van der Waals surface area contributed by atoms with Crippen LogP contribution in [0.25, 0.3) is 6.08 Å². The Balaban J connectivity index is 1.44. The Morgan fingerprint density at radius 2 is 2.00 bits per heavy atom. The van der Waals surface area contributed by atoms with E-state index < -0.39 is 0 Å². The molecule has 0 spiro atoms. The zero-order valence-corrected chi connectivity index (χ0v) is 19.1. The molecule has 1 aliphatic carbocycles. The van der Waals surface area contributed by atoms with Gasteiger partial charge in [0.05, 0.1) is 16.8 Å². The Hall–Kier alpha value is -2.41. The average molecular weight is 469 g/mol. The van der Waals surface area contributed by atoms with E-state index in [4.69, 9.17) is 21.4 Å². The number of carbonyl (C=O) groups excluding carboxylic acids is 1. The van der Waals surface area contributed by atoms with E-state index in [9.17, 15) is 4.79 Å². The fourth-order valence-corrected chi connectivity index (χ4v) is 6.00. The van der Waals surface area contributed by atoms with Gasteiger partial charge in [-0.05, 0) is 65.9 Å². The van der Waals surface area contributed by atoms with E-state index >= 15 is 0 Å². The van der Waals surface area contributed by atoms with Crippen LogP contribution in [0.15, 0.2) is 70.0 Å². The highest BCUT2D eigenvalue weighted by molar-refractivity contribution is 7.11. The van der Waals surface area contributed by atoms with Gasteiger partial charge in [0, 0.05) is 15.7 Å². The van der Waals surface area contributed by atoms with Gasteiger partial charge in [-0.3, -0.25) is 4.79 Å². The Kier molecular flexibility index (Phi) is 5.94. The fourth-order valence-electron chi connectivity index (χ4n) is 4.26. The summed E-state index contributed by atoms with van der Waals surface area (Å²) in [6.45, 7) is -0.0981. The lowest BCUT2D eigenvalue weighted by Gasteiger charge is -2.28. The lowest BCUT2D eigenvalue weighted by Crippen LogP contribution is -2.34. The summed E-state index contributed by atoms with van der Waals surface area (Å²) in [6, 6.07) is 15.4. The molecule has 31 heavy (non-hydrogen) atoms. The van der Waals surface area contributed by atoms with E-state index in [-0.39, 0.29) is 24.5 Å². The van der Waals surface area contributed by atoms with Crippen molar-refractivity contribution in [1.29, 1.82) is 0 Å². The van der Waals surface area contributed by atoms with Crippen LogP contribution < -0.4 is 4.74 Å². The highest BCUT2D eigenvalue weighted by Crippen LogP contribution is 2.45. The number of thiophene rings is 2. The van der Waals surface area contributed by atoms with Gasteiger partial charge < -0.3 is 4.74 Å². The third kappa shape index (κ3) is 4.20. The number of fused-ring (bicyclic) bond motifs is 1. The van der Waals surface area contributed by atoms with E-state index in [1.54, 1.807) is 39.8 Å². The van der Waals surface area contributed by atoms with E-state index in [1.165, 1.54) is 10.5 Å². The summed E-state index contributed by atoms with van der Waals surface area (Å²) in [5.74, 6) is 0.561. The molecule has 1 aliphatic heterocycles. The summed E-state index contributed by atoms with van der Waals surface area (Å²) in [7, 11) is 0. The molecule has 7 heteroatoms. The molecule has 0 saturated heterocycles. The quantitative estimate of drug-likeness (QED) is 0.419. The van der Waals surface area contributed by atoms with Crippen LogP contribution in [0.1, 0.15) is 35.1 Å². The molecule has 158 valence electrons. The van der Waals surface area contributed by atoms with Crippen LogP contribution in [-0.2, 0) is 4.79 Å². The van der Waals surface area contributed by atoms with E-state index in [1.807, 2.05) is 18.2 Å². The van der Waals surface area contributed by atoms with Gasteiger partial charge in [-0.25, -0.2) is 5.01 Å². The Morgan fingerprint density at radius 1 is 1.16 bits per heavy atom. The number of amides is 1. The number of carbonyl (C=O) groups is 1. The second-order valence-electron chi connectivity index (χ2n) is 7.59. The predicted molar refractivity (Wildman–Crippen MR) is 128 cm³/mol. The molecular formula is C24H21ClN2O2S2. The van der Waals surface area contributed by atoms with Gasteiger partial charge in [0.15, 0.2) is 6.61 Å². The van der Waals surface area contributed by atoms with Crippen LogP contribution in [0, 0.1) is 5.92 Å². The number of rotatable bonds is 5. The largest absolute Gasteiger partial charge is 0.482 e. The maximum absolute atomic E-state index is 13.2. The first-order valence-corrected chi connectivity index (χ1v) is 12.4. The summed E-state index contributed by atoms with van der Waals surface area (Å²) in [6.07, 6.45) is 5.34. The topological polar surface area (TPSA) is 41.9 Å². The lowest BCUT2D eigenvalue weighted by atomic mass is 9.79. The maximum atomic E-state index is 13.2. The standard InChI is InChI=1S/C24H21ClN2O2S2/c25-19-9-1-2-10-20(19)29-15-22(28)27-24(21-11-5-13-31-21)18-8-3-6-16(23(18)26-27)14-17-7-4-12-30-17/h1-2,4-5,7,9-14,18,24H,3,6,8,15H2/b16-14-/t18-,24-/m1/s1. The van der Waals surface area contributed by atoms with E-state index in [0.717, 1.165) is 29.9 Å². The summed E-state index contributed by atoms with van der Waals surface area (Å²) >= 11 is 9.58. The molecular weight excluding hydrogens is 448 g/mol. The smallest absolute Gasteiger partial charge is 0.281 e. The van der Waals surface area contributed by atoms with Gasteiger partial charge in [-0.1, -0.05) is 35.9 Å². The lowest BCUT2D eigenvalue weighted by molar-refractivity contribution is -0.135. The normalized spacial score (nSPS) is 21.8. The first-order valence-electron chi connectivity index (χ1n) is 10.3. The molecule has 0 unspecified atom stereocenters. The molecule has 2 atom stereocenters. The monoisotopic (exact) mass is 468 g/mol. The number of benzene rings is 1. The second kappa shape index (κ2) is 8.99. The highest BCUT2D eigenvalue weighted by Gasteiger charge is 2.44. The number of ether oxygens (including phenoxy) is 1. The number of para-hydroxylation sites is 1. The molecule has 1 amide bonds. The van der Waals surface area contributed by atoms with Crippen LogP contribution in [0.2, 0.25) is 5.02 Å². The number of hydrogen-bond acceptors (Lipinski definition) is 5. The van der Waals surface area contributed by atoms with Crippen molar-refractivity contribution in [2.24, 2.45) is 11.0 Å². The minimum atomic E-state index is -0.157. The zero-order valence-electron chi connectivity index (χ0n) is 16.7. The summed E-state index contributed by atoms with van der Waals surface area (Å²) < 4.78 is 5.74. The van der Waals surface area contributed by atoms with Crippen molar-refractivity contribution in [3.05, 3.63) is 79.6 Å². The number of hydrazone groups is 1. The van der Waals surface area contributed by atoms with Crippen LogP contribution in [0.5, 0.6) is 5.75 Å². The third-order valence-electron chi connectivity index (χ3n) is 5.64. The first kappa shape index (κ1) is 20.5. The van der Waals surface area contributed by atoms with Crippen molar-refractivity contribution in [2.45, 2.75) is 25.3 Å². The molecule has 0 N–H and O–H groups in total. The molecule has 1 saturated carbocycles. The van der Waals surface area contributed by atoms with Crippen molar-refractivity contribution in [1.82, 2.24) is 5.01 Å². The minimum absolute atomic E-state index is 0.0793. The minimum Gasteiger partial charge on any atom is -0.482 e. The molecule has 2 aromatic heterocycles. The highest BCUT2D eigenvalue weighted by atomic mass is 35.5. The van der Waals surface area contributed by atoms with Crippen molar-refractivity contribution >= 4 is 52.0 Å². The fraction of sp³-hybridized carbons (Fsp3) is 0.250. The van der Waals surface area contributed by atoms with Gasteiger partial charge in [-0.2, -0.15) is 5.10 Å². The molecule has 0 radical (unpaired) electrons. The second-order valence-corrected chi connectivity index (χ2v) is 9.95. The molecule has 5 rings (SSSR count). The number of hydrogen-bond donors (Lipinski definition) is 0. The van der Waals surface area contributed by atoms with Gasteiger partial charge in [0.1, 0.15) is 5.75 Å². The molecule has 3 heterocycles. The summed E-state index contributed by atoms with van der Waals surface area (Å²) in [4.78, 5) is 15.6. The summed E-state index contributed by atoms with van der Waals surface area (Å²) in [5, 5.41) is 11.2. The van der Waals surface area contributed by atoms with Gasteiger partial charge in [-0.15, -0.1) is 22.7 Å². The van der Waals surface area contributed by atoms with Crippen LogP contribution >= 0.6 is 34.3 Å². The Bertz CT molecular complexity index is 1120. The van der Waals surface area contributed by atoms with Crippen molar-refractivity contribution in [2.75, 3.05) is 6.61 Å². The summed E-state index contributed by atoms with van der Waals surface area (Å²) in [5.41, 5.74) is 2.28. The molecule has 4 nitrogen and oxygen atoms in total. The third-order valence-corrected chi connectivity index (χ3v) is 7.71. The SMILES string of the molecule is O=C(COc1ccccc1Cl)N1N=C2/C(=C\c3cccs3)CCC[C@H]2[C@@H]1c1cccs1. The van der Waals surface area contributed by atoms with Crippen LogP contribution in [-0.4, -0.2) is 23.2 Å². The molecule has 1 fully saturated rings. The number of nitrogens with zero attached hydrogens (tertiary/aromatic N) is 2. The van der Waals surface area contributed by atoms with E-state index in [0.29, 0.717) is 10.8 Å². The van der Waals surface area contributed by atoms with Crippen molar-refractivity contribution in [3.63, 3.8) is 0 Å². The molecule has 1 aromatic carbocycles.